The summed E-state index contributed by atoms with van der Waals surface area (Å²) in [6.07, 6.45) is 6.68. The van der Waals surface area contributed by atoms with Crippen molar-refractivity contribution in [3.8, 4) is 5.75 Å². The fourth-order valence-corrected chi connectivity index (χ4v) is 3.44. The molecule has 0 spiro atoms. The Balaban J connectivity index is 0.00000280. The number of ether oxygens (including phenoxy) is 2. The molecule has 0 radical (unpaired) electrons. The van der Waals surface area contributed by atoms with Crippen molar-refractivity contribution in [2.24, 2.45) is 0 Å². The molecule has 2 unspecified atom stereocenters. The average molecular weight is 387 g/mol. The van der Waals surface area contributed by atoms with Gasteiger partial charge in [-0.25, -0.2) is 4.39 Å². The second-order valence-electron chi connectivity index (χ2n) is 7.54. The fraction of sp³-hybridized carbons (Fsp3) is 0.520. The molecule has 0 aromatic heterocycles. The quantitative estimate of drug-likeness (QED) is 0.373. The molecule has 0 N–H and O–H groups in total. The zero-order valence-corrected chi connectivity index (χ0v) is 16.5. The average Bonchev–Trinajstić information content (AvgIpc) is 3.52. The Morgan fingerprint density at radius 3 is 2.46 bits per heavy atom. The maximum absolute atomic E-state index is 13.7. The van der Waals surface area contributed by atoms with Gasteiger partial charge in [-0.3, -0.25) is 0 Å². The molecule has 2 aromatic carbocycles. The van der Waals surface area contributed by atoms with Crippen molar-refractivity contribution in [1.82, 2.24) is 0 Å². The molecule has 2 nitrogen and oxygen atoms in total. The van der Waals surface area contributed by atoms with Crippen molar-refractivity contribution in [2.45, 2.75) is 77.9 Å². The first kappa shape index (κ1) is 22.4. The maximum atomic E-state index is 13.7. The highest BCUT2D eigenvalue weighted by Gasteiger charge is 2.30. The van der Waals surface area contributed by atoms with Gasteiger partial charge in [-0.1, -0.05) is 63.9 Å². The molecule has 0 bridgehead atoms. The highest BCUT2D eigenvalue weighted by molar-refractivity contribution is 5.40. The lowest BCUT2D eigenvalue weighted by atomic mass is 10.0. The van der Waals surface area contributed by atoms with Gasteiger partial charge < -0.3 is 9.47 Å². The van der Waals surface area contributed by atoms with Crippen LogP contribution in [0.2, 0.25) is 0 Å². The Hall–Kier alpha value is -1.87. The first-order valence-electron chi connectivity index (χ1n) is 10.3. The van der Waals surface area contributed by atoms with E-state index >= 15 is 0 Å². The highest BCUT2D eigenvalue weighted by atomic mass is 19.1. The predicted octanol–water partition coefficient (Wildman–Crippen LogP) is 7.44. The van der Waals surface area contributed by atoms with E-state index in [9.17, 15) is 4.39 Å². The van der Waals surface area contributed by atoms with E-state index in [0.29, 0.717) is 5.92 Å². The smallest absolute Gasteiger partial charge is 0.149 e. The van der Waals surface area contributed by atoms with Gasteiger partial charge >= 0.3 is 0 Å². The number of hydrogen-bond donors (Lipinski definition) is 0. The van der Waals surface area contributed by atoms with Crippen LogP contribution in [0.4, 0.5) is 4.39 Å². The van der Waals surface area contributed by atoms with Gasteiger partial charge in [0.25, 0.3) is 0 Å². The van der Waals surface area contributed by atoms with E-state index in [-0.39, 0.29) is 25.5 Å². The molecule has 28 heavy (non-hydrogen) atoms. The molecule has 2 atom stereocenters. The summed E-state index contributed by atoms with van der Waals surface area (Å²) in [6.45, 7) is 5.02. The highest BCUT2D eigenvalue weighted by Crippen LogP contribution is 2.45. The third-order valence-electron chi connectivity index (χ3n) is 5.18. The zero-order chi connectivity index (χ0) is 19.1. The minimum atomic E-state index is -0.208. The van der Waals surface area contributed by atoms with Crippen LogP contribution in [0.25, 0.3) is 0 Å². The molecule has 3 heteroatoms. The Morgan fingerprint density at radius 2 is 1.79 bits per heavy atom. The summed E-state index contributed by atoms with van der Waals surface area (Å²) < 4.78 is 26.3. The fourth-order valence-electron chi connectivity index (χ4n) is 3.44. The molecule has 1 saturated carbocycles. The topological polar surface area (TPSA) is 18.5 Å². The van der Waals surface area contributed by atoms with Gasteiger partial charge in [0.05, 0.1) is 6.10 Å². The van der Waals surface area contributed by atoms with Gasteiger partial charge in [0, 0.05) is 12.2 Å². The summed E-state index contributed by atoms with van der Waals surface area (Å²) in [7, 11) is 0. The molecule has 0 aliphatic heterocycles. The second kappa shape index (κ2) is 11.2. The lowest BCUT2D eigenvalue weighted by Gasteiger charge is -2.27. The van der Waals surface area contributed by atoms with Gasteiger partial charge in [-0.05, 0) is 55.9 Å². The Morgan fingerprint density at radius 1 is 1.04 bits per heavy atom. The Kier molecular flexibility index (Phi) is 8.98. The van der Waals surface area contributed by atoms with Gasteiger partial charge in [0.1, 0.15) is 17.7 Å². The summed E-state index contributed by atoms with van der Waals surface area (Å²) in [5.41, 5.74) is 2.08. The number of unbranched alkanes of at least 4 members (excludes halogenated alkanes) is 3. The third-order valence-corrected chi connectivity index (χ3v) is 5.18. The number of rotatable bonds is 11. The molecule has 0 amide bonds. The molecule has 1 aliphatic carbocycles. The van der Waals surface area contributed by atoms with Gasteiger partial charge in [-0.2, -0.15) is 0 Å². The van der Waals surface area contributed by atoms with Crippen molar-refractivity contribution in [3.05, 3.63) is 65.5 Å². The van der Waals surface area contributed by atoms with Crippen LogP contribution >= 0.6 is 0 Å². The van der Waals surface area contributed by atoms with Crippen LogP contribution < -0.4 is 4.74 Å². The lowest BCUT2D eigenvalue weighted by molar-refractivity contribution is -0.0178. The maximum Gasteiger partial charge on any atom is 0.149 e. The molecule has 154 valence electrons. The monoisotopic (exact) mass is 386 g/mol. The van der Waals surface area contributed by atoms with Crippen LogP contribution in [-0.4, -0.2) is 12.7 Å². The van der Waals surface area contributed by atoms with E-state index in [1.807, 2.05) is 18.2 Å². The summed E-state index contributed by atoms with van der Waals surface area (Å²) in [6, 6.07) is 15.1. The molecule has 3 rings (SSSR count). The molecule has 1 fully saturated rings. The predicted molar refractivity (Wildman–Crippen MR) is 114 cm³/mol. The van der Waals surface area contributed by atoms with Gasteiger partial charge in [-0.15, -0.1) is 0 Å². The number of halogens is 1. The minimum absolute atomic E-state index is 0. The van der Waals surface area contributed by atoms with Crippen LogP contribution in [-0.2, 0) is 4.74 Å². The SMILES string of the molecule is C.CCCCCCOC(C)C(Oc1ccc(F)cc1C1CC1)c1ccccc1. The molecular formula is C25H35FO2. The Labute approximate surface area is 170 Å². The molecule has 1 aliphatic rings. The summed E-state index contributed by atoms with van der Waals surface area (Å²) in [4.78, 5) is 0. The van der Waals surface area contributed by atoms with Crippen molar-refractivity contribution >= 4 is 0 Å². The van der Waals surface area contributed by atoms with E-state index in [1.54, 1.807) is 12.1 Å². The zero-order valence-electron chi connectivity index (χ0n) is 16.5. The second-order valence-corrected chi connectivity index (χ2v) is 7.54. The third kappa shape index (κ3) is 6.34. The van der Waals surface area contributed by atoms with Crippen LogP contribution in [0.5, 0.6) is 5.75 Å². The van der Waals surface area contributed by atoms with E-state index in [0.717, 1.165) is 42.7 Å². The van der Waals surface area contributed by atoms with Crippen LogP contribution in [0.1, 0.15) is 82.9 Å². The standard InChI is InChI=1S/C24H31FO2.CH4/c1-3-4-5-9-16-26-18(2)24(20-10-7-6-8-11-20)27-23-15-14-21(25)17-22(23)19-12-13-19;/h6-8,10-11,14-15,17-19,24H,3-5,9,12-13,16H2,1-2H3;1H4. The summed E-state index contributed by atoms with van der Waals surface area (Å²) in [5.74, 6) is 1.02. The molecule has 2 aromatic rings. The summed E-state index contributed by atoms with van der Waals surface area (Å²) in [5, 5.41) is 0. The molecule has 0 heterocycles. The van der Waals surface area contributed by atoms with Crippen molar-refractivity contribution < 1.29 is 13.9 Å². The number of hydrogen-bond acceptors (Lipinski definition) is 2. The van der Waals surface area contributed by atoms with Crippen LogP contribution in [0.15, 0.2) is 48.5 Å². The first-order valence-corrected chi connectivity index (χ1v) is 10.3. The van der Waals surface area contributed by atoms with Gasteiger partial charge in [0.15, 0.2) is 0 Å². The van der Waals surface area contributed by atoms with E-state index in [1.165, 1.54) is 25.3 Å². The molecule has 0 saturated heterocycles. The van der Waals surface area contributed by atoms with Crippen molar-refractivity contribution in [3.63, 3.8) is 0 Å². The number of benzene rings is 2. The van der Waals surface area contributed by atoms with E-state index < -0.39 is 0 Å². The van der Waals surface area contributed by atoms with E-state index in [4.69, 9.17) is 9.47 Å². The summed E-state index contributed by atoms with van der Waals surface area (Å²) >= 11 is 0. The van der Waals surface area contributed by atoms with Crippen molar-refractivity contribution in [1.29, 1.82) is 0 Å². The van der Waals surface area contributed by atoms with Gasteiger partial charge in [0.2, 0.25) is 0 Å². The minimum Gasteiger partial charge on any atom is -0.483 e. The van der Waals surface area contributed by atoms with Crippen molar-refractivity contribution in [2.75, 3.05) is 6.61 Å². The van der Waals surface area contributed by atoms with Crippen LogP contribution in [0.3, 0.4) is 0 Å². The molecular weight excluding hydrogens is 351 g/mol. The first-order chi connectivity index (χ1) is 13.2. The normalized spacial score (nSPS) is 15.5. The lowest BCUT2D eigenvalue weighted by Crippen LogP contribution is -2.25. The Bertz CT molecular complexity index is 697. The largest absolute Gasteiger partial charge is 0.483 e. The van der Waals surface area contributed by atoms with E-state index in [2.05, 4.69) is 26.0 Å². The van der Waals surface area contributed by atoms with Crippen LogP contribution in [0, 0.1) is 5.82 Å².